The van der Waals surface area contributed by atoms with Gasteiger partial charge in [0, 0.05) is 30.1 Å². The number of carbonyl (C=O) groups excluding carboxylic acids is 1. The standard InChI is InChI=1S/C23H25N3O3S/c1-15(2)30(28,29)22-10-20(19-7-5-16(3)6-8-19)9-21(11-22)23(27)26-14-18-12-24-17(4)25-13-18/h5-13,15H,14H2,1-4H3,(H,26,27). The van der Waals surface area contributed by atoms with E-state index < -0.39 is 15.1 Å². The number of sulfone groups is 1. The van der Waals surface area contributed by atoms with Gasteiger partial charge in [0.2, 0.25) is 0 Å². The van der Waals surface area contributed by atoms with Crippen LogP contribution in [-0.4, -0.2) is 29.5 Å². The van der Waals surface area contributed by atoms with E-state index in [1.54, 1.807) is 45.3 Å². The molecule has 0 saturated carbocycles. The number of nitrogens with one attached hydrogen (secondary N) is 1. The summed E-state index contributed by atoms with van der Waals surface area (Å²) in [4.78, 5) is 21.2. The van der Waals surface area contributed by atoms with E-state index >= 15 is 0 Å². The zero-order valence-corrected chi connectivity index (χ0v) is 18.3. The molecule has 0 unspecified atom stereocenters. The first-order valence-electron chi connectivity index (χ1n) is 9.68. The van der Waals surface area contributed by atoms with Gasteiger partial charge in [0.05, 0.1) is 10.1 Å². The molecule has 7 heteroatoms. The van der Waals surface area contributed by atoms with Crippen molar-refractivity contribution in [1.82, 2.24) is 15.3 Å². The van der Waals surface area contributed by atoms with Gasteiger partial charge in [-0.25, -0.2) is 18.4 Å². The van der Waals surface area contributed by atoms with Crippen molar-refractivity contribution in [2.75, 3.05) is 0 Å². The topological polar surface area (TPSA) is 89.0 Å². The third kappa shape index (κ3) is 4.91. The molecule has 1 N–H and O–H groups in total. The molecule has 1 heterocycles. The number of amides is 1. The van der Waals surface area contributed by atoms with E-state index in [1.807, 2.05) is 31.2 Å². The minimum absolute atomic E-state index is 0.138. The number of aromatic nitrogens is 2. The molecule has 0 aliphatic heterocycles. The number of hydrogen-bond donors (Lipinski definition) is 1. The maximum Gasteiger partial charge on any atom is 0.251 e. The van der Waals surface area contributed by atoms with E-state index in [0.717, 1.165) is 16.7 Å². The van der Waals surface area contributed by atoms with E-state index in [-0.39, 0.29) is 17.3 Å². The van der Waals surface area contributed by atoms with E-state index in [2.05, 4.69) is 15.3 Å². The van der Waals surface area contributed by atoms with Gasteiger partial charge < -0.3 is 5.32 Å². The van der Waals surface area contributed by atoms with Crippen molar-refractivity contribution < 1.29 is 13.2 Å². The fraction of sp³-hybridized carbons (Fsp3) is 0.261. The van der Waals surface area contributed by atoms with Gasteiger partial charge >= 0.3 is 0 Å². The number of carbonyl (C=O) groups is 1. The Hall–Kier alpha value is -3.06. The van der Waals surface area contributed by atoms with Crippen molar-refractivity contribution in [2.45, 2.75) is 44.4 Å². The summed E-state index contributed by atoms with van der Waals surface area (Å²) in [6.07, 6.45) is 3.31. The average Bonchev–Trinajstić information content (AvgIpc) is 2.73. The molecule has 0 bridgehead atoms. The van der Waals surface area contributed by atoms with Crippen LogP contribution in [0, 0.1) is 13.8 Å². The van der Waals surface area contributed by atoms with E-state index in [9.17, 15) is 13.2 Å². The SMILES string of the molecule is Cc1ccc(-c2cc(C(=O)NCc3cnc(C)nc3)cc(S(=O)(=O)C(C)C)c2)cc1. The maximum absolute atomic E-state index is 12.8. The molecule has 3 aromatic rings. The van der Waals surface area contributed by atoms with Crippen LogP contribution in [0.2, 0.25) is 0 Å². The van der Waals surface area contributed by atoms with Gasteiger partial charge in [0.1, 0.15) is 5.82 Å². The molecule has 1 aromatic heterocycles. The van der Waals surface area contributed by atoms with Crippen molar-refractivity contribution in [2.24, 2.45) is 0 Å². The Labute approximate surface area is 177 Å². The van der Waals surface area contributed by atoms with E-state index in [4.69, 9.17) is 0 Å². The molecule has 0 aliphatic carbocycles. The molecule has 1 amide bonds. The Morgan fingerprint density at radius 1 is 0.967 bits per heavy atom. The number of hydrogen-bond acceptors (Lipinski definition) is 5. The highest BCUT2D eigenvalue weighted by molar-refractivity contribution is 7.92. The molecule has 0 saturated heterocycles. The Morgan fingerprint density at radius 3 is 2.20 bits per heavy atom. The van der Waals surface area contributed by atoms with Crippen molar-refractivity contribution >= 4 is 15.7 Å². The third-order valence-electron chi connectivity index (χ3n) is 4.79. The summed E-state index contributed by atoms with van der Waals surface area (Å²) >= 11 is 0. The lowest BCUT2D eigenvalue weighted by molar-refractivity contribution is 0.0950. The third-order valence-corrected chi connectivity index (χ3v) is 6.92. The normalized spacial score (nSPS) is 11.5. The van der Waals surface area contributed by atoms with E-state index in [0.29, 0.717) is 17.0 Å². The number of benzene rings is 2. The average molecular weight is 424 g/mol. The first-order chi connectivity index (χ1) is 14.2. The first kappa shape index (κ1) is 21.6. The van der Waals surface area contributed by atoms with Gasteiger partial charge in [0.15, 0.2) is 9.84 Å². The summed E-state index contributed by atoms with van der Waals surface area (Å²) in [5.74, 6) is 0.296. The van der Waals surface area contributed by atoms with Crippen LogP contribution in [-0.2, 0) is 16.4 Å². The van der Waals surface area contributed by atoms with Crippen LogP contribution in [0.1, 0.15) is 41.2 Å². The van der Waals surface area contributed by atoms with Crippen molar-refractivity contribution in [3.8, 4) is 11.1 Å². The smallest absolute Gasteiger partial charge is 0.251 e. The summed E-state index contributed by atoms with van der Waals surface area (Å²) in [7, 11) is -3.54. The second-order valence-corrected chi connectivity index (χ2v) is 10.0. The molecule has 0 fully saturated rings. The summed E-state index contributed by atoms with van der Waals surface area (Å²) in [5, 5.41) is 2.23. The molecule has 2 aromatic carbocycles. The maximum atomic E-state index is 12.8. The van der Waals surface area contributed by atoms with Gasteiger partial charge in [-0.3, -0.25) is 4.79 Å². The predicted octanol–water partition coefficient (Wildman–Crippen LogP) is 3.87. The lowest BCUT2D eigenvalue weighted by Crippen LogP contribution is -2.24. The molecule has 30 heavy (non-hydrogen) atoms. The molecule has 0 atom stereocenters. The van der Waals surface area contributed by atoms with Gasteiger partial charge in [-0.1, -0.05) is 29.8 Å². The summed E-state index contributed by atoms with van der Waals surface area (Å²) < 4.78 is 25.6. The summed E-state index contributed by atoms with van der Waals surface area (Å²) in [5.41, 5.74) is 3.69. The molecular formula is C23H25N3O3S. The minimum Gasteiger partial charge on any atom is -0.348 e. The van der Waals surface area contributed by atoms with Gasteiger partial charge in [-0.15, -0.1) is 0 Å². The predicted molar refractivity (Wildman–Crippen MR) is 117 cm³/mol. The highest BCUT2D eigenvalue weighted by Crippen LogP contribution is 2.27. The lowest BCUT2D eigenvalue weighted by atomic mass is 10.0. The zero-order valence-electron chi connectivity index (χ0n) is 17.5. The quantitative estimate of drug-likeness (QED) is 0.650. The second-order valence-electron chi connectivity index (χ2n) is 7.53. The van der Waals surface area contributed by atoms with Crippen LogP contribution in [0.25, 0.3) is 11.1 Å². The molecule has 3 rings (SSSR count). The number of aryl methyl sites for hydroxylation is 2. The Balaban J connectivity index is 1.97. The second kappa shape index (κ2) is 8.75. The minimum atomic E-state index is -3.54. The fourth-order valence-corrected chi connectivity index (χ4v) is 4.00. The highest BCUT2D eigenvalue weighted by Gasteiger charge is 2.22. The highest BCUT2D eigenvalue weighted by atomic mass is 32.2. The Bertz CT molecular complexity index is 1150. The molecular weight excluding hydrogens is 398 g/mol. The van der Waals surface area contributed by atoms with Gasteiger partial charge in [-0.2, -0.15) is 0 Å². The van der Waals surface area contributed by atoms with Gasteiger partial charge in [-0.05, 0) is 57.0 Å². The molecule has 0 spiro atoms. The number of nitrogens with zero attached hydrogens (tertiary/aromatic N) is 2. The van der Waals surface area contributed by atoms with Crippen LogP contribution >= 0.6 is 0 Å². The molecule has 6 nitrogen and oxygen atoms in total. The van der Waals surface area contributed by atoms with Crippen LogP contribution < -0.4 is 5.32 Å². The molecule has 0 aliphatic rings. The zero-order chi connectivity index (χ0) is 21.9. The Morgan fingerprint density at radius 2 is 1.60 bits per heavy atom. The van der Waals surface area contributed by atoms with Crippen LogP contribution in [0.5, 0.6) is 0 Å². The molecule has 0 radical (unpaired) electrons. The van der Waals surface area contributed by atoms with Crippen LogP contribution in [0.4, 0.5) is 0 Å². The first-order valence-corrected chi connectivity index (χ1v) is 11.2. The summed E-state index contributed by atoms with van der Waals surface area (Å²) in [6, 6.07) is 12.5. The van der Waals surface area contributed by atoms with Crippen LogP contribution in [0.3, 0.4) is 0 Å². The molecule has 156 valence electrons. The number of rotatable bonds is 6. The Kier molecular flexibility index (Phi) is 6.31. The van der Waals surface area contributed by atoms with Crippen molar-refractivity contribution in [3.05, 3.63) is 77.4 Å². The summed E-state index contributed by atoms with van der Waals surface area (Å²) in [6.45, 7) is 7.28. The van der Waals surface area contributed by atoms with Crippen LogP contribution in [0.15, 0.2) is 59.8 Å². The van der Waals surface area contributed by atoms with E-state index in [1.165, 1.54) is 6.07 Å². The largest absolute Gasteiger partial charge is 0.348 e. The van der Waals surface area contributed by atoms with Crippen molar-refractivity contribution in [3.63, 3.8) is 0 Å². The fourth-order valence-electron chi connectivity index (χ4n) is 2.87. The lowest BCUT2D eigenvalue weighted by Gasteiger charge is -2.13. The van der Waals surface area contributed by atoms with Crippen molar-refractivity contribution in [1.29, 1.82) is 0 Å². The monoisotopic (exact) mass is 423 g/mol. The van der Waals surface area contributed by atoms with Gasteiger partial charge in [0.25, 0.3) is 5.91 Å².